The van der Waals surface area contributed by atoms with Crippen molar-refractivity contribution in [2.45, 2.75) is 20.8 Å². The van der Waals surface area contributed by atoms with Crippen molar-refractivity contribution in [1.82, 2.24) is 0 Å². The minimum absolute atomic E-state index is 0.0690. The summed E-state index contributed by atoms with van der Waals surface area (Å²) in [6.45, 7) is 4.55. The summed E-state index contributed by atoms with van der Waals surface area (Å²) in [5.74, 6) is -1.67. The molecule has 0 saturated heterocycles. The Morgan fingerprint density at radius 2 is 2.00 bits per heavy atom. The molecule has 7 nitrogen and oxygen atoms in total. The highest BCUT2D eigenvalue weighted by molar-refractivity contribution is 6.12. The number of nitrogens with zero attached hydrogens (tertiary/aromatic N) is 1. The zero-order valence-electron chi connectivity index (χ0n) is 14.0. The minimum atomic E-state index is -0.759. The average Bonchev–Trinajstić information content (AvgIpc) is 2.91. The average molecular weight is 340 g/mol. The second-order valence-corrected chi connectivity index (χ2v) is 5.16. The Hall–Kier alpha value is -3.40. The highest BCUT2D eigenvalue weighted by Gasteiger charge is 2.28. The van der Waals surface area contributed by atoms with Gasteiger partial charge in [0.2, 0.25) is 5.88 Å². The smallest absolute Gasteiger partial charge is 0.344 e. The molecule has 1 amide bonds. The first kappa shape index (κ1) is 17.9. The number of carbonyl (C=O) groups is 3. The predicted octanol–water partition coefficient (Wildman–Crippen LogP) is 3.09. The standard InChI is InChI=1S/C18H16N2O5/c1-4-24-18(23)15-14(10(2)21)11(3)25-17(15)20-16(22)13-7-5-6-12(8-13)9-19/h5-8H,4H2,1-3H3,(H,20,22). The van der Waals surface area contributed by atoms with Gasteiger partial charge in [0, 0.05) is 5.56 Å². The Kier molecular flexibility index (Phi) is 5.35. The number of esters is 1. The third-order valence-electron chi connectivity index (χ3n) is 3.40. The number of hydrogen-bond acceptors (Lipinski definition) is 6. The lowest BCUT2D eigenvalue weighted by atomic mass is 10.1. The molecule has 25 heavy (non-hydrogen) atoms. The van der Waals surface area contributed by atoms with E-state index < -0.39 is 11.9 Å². The number of furan rings is 1. The van der Waals surface area contributed by atoms with Crippen molar-refractivity contribution in [2.24, 2.45) is 0 Å². The van der Waals surface area contributed by atoms with Crippen LogP contribution in [0, 0.1) is 18.3 Å². The minimum Gasteiger partial charge on any atom is -0.462 e. The second-order valence-electron chi connectivity index (χ2n) is 5.16. The molecular weight excluding hydrogens is 324 g/mol. The van der Waals surface area contributed by atoms with Crippen molar-refractivity contribution in [3.8, 4) is 6.07 Å². The Morgan fingerprint density at radius 1 is 1.28 bits per heavy atom. The van der Waals surface area contributed by atoms with E-state index in [4.69, 9.17) is 14.4 Å². The molecule has 1 N–H and O–H groups in total. The molecule has 0 saturated carbocycles. The van der Waals surface area contributed by atoms with Crippen LogP contribution in [-0.4, -0.2) is 24.3 Å². The van der Waals surface area contributed by atoms with Crippen LogP contribution in [0.15, 0.2) is 28.7 Å². The highest BCUT2D eigenvalue weighted by Crippen LogP contribution is 2.29. The zero-order chi connectivity index (χ0) is 18.6. The number of hydrogen-bond donors (Lipinski definition) is 1. The molecule has 7 heteroatoms. The van der Waals surface area contributed by atoms with Gasteiger partial charge in [-0.15, -0.1) is 0 Å². The molecule has 0 aliphatic carbocycles. The van der Waals surface area contributed by atoms with E-state index in [1.54, 1.807) is 19.1 Å². The van der Waals surface area contributed by atoms with Crippen LogP contribution in [0.25, 0.3) is 0 Å². The van der Waals surface area contributed by atoms with E-state index in [1.165, 1.54) is 26.0 Å². The number of ether oxygens (including phenoxy) is 1. The van der Waals surface area contributed by atoms with Crippen LogP contribution in [0.2, 0.25) is 0 Å². The second kappa shape index (κ2) is 7.45. The quantitative estimate of drug-likeness (QED) is 0.661. The molecule has 128 valence electrons. The lowest BCUT2D eigenvalue weighted by molar-refractivity contribution is 0.0524. The van der Waals surface area contributed by atoms with E-state index in [-0.39, 0.29) is 40.7 Å². The van der Waals surface area contributed by atoms with Gasteiger partial charge in [0.05, 0.1) is 23.8 Å². The monoisotopic (exact) mass is 340 g/mol. The normalized spacial score (nSPS) is 10.0. The molecule has 1 aromatic heterocycles. The topological polar surface area (TPSA) is 109 Å². The summed E-state index contributed by atoms with van der Waals surface area (Å²) in [5.41, 5.74) is 0.488. The summed E-state index contributed by atoms with van der Waals surface area (Å²) < 4.78 is 10.4. The molecule has 0 radical (unpaired) electrons. The molecule has 0 atom stereocenters. The van der Waals surface area contributed by atoms with Crippen LogP contribution in [0.5, 0.6) is 0 Å². The number of Topliss-reactive ketones (excluding diaryl/α,β-unsaturated/α-hetero) is 1. The summed E-state index contributed by atoms with van der Waals surface area (Å²) in [5, 5.41) is 11.4. The fourth-order valence-electron chi connectivity index (χ4n) is 2.36. The Bertz CT molecular complexity index is 889. The van der Waals surface area contributed by atoms with E-state index in [0.717, 1.165) is 0 Å². The van der Waals surface area contributed by atoms with Crippen molar-refractivity contribution >= 4 is 23.5 Å². The number of carbonyl (C=O) groups excluding carboxylic acids is 3. The SMILES string of the molecule is CCOC(=O)c1c(NC(=O)c2cccc(C#N)c2)oc(C)c1C(C)=O. The molecule has 0 spiro atoms. The van der Waals surface area contributed by atoms with E-state index >= 15 is 0 Å². The van der Waals surface area contributed by atoms with Crippen molar-refractivity contribution in [1.29, 1.82) is 5.26 Å². The first-order valence-electron chi connectivity index (χ1n) is 7.52. The number of ketones is 1. The predicted molar refractivity (Wildman–Crippen MR) is 88.5 cm³/mol. The summed E-state index contributed by atoms with van der Waals surface area (Å²) in [6.07, 6.45) is 0. The van der Waals surface area contributed by atoms with Crippen LogP contribution < -0.4 is 5.32 Å². The van der Waals surface area contributed by atoms with Gasteiger partial charge in [0.25, 0.3) is 5.91 Å². The summed E-state index contributed by atoms with van der Waals surface area (Å²) in [7, 11) is 0. The first-order chi connectivity index (χ1) is 11.9. The van der Waals surface area contributed by atoms with Gasteiger partial charge in [-0.3, -0.25) is 14.9 Å². The summed E-state index contributed by atoms with van der Waals surface area (Å²) in [6, 6.07) is 7.98. The van der Waals surface area contributed by atoms with Gasteiger partial charge < -0.3 is 9.15 Å². The van der Waals surface area contributed by atoms with Gasteiger partial charge in [-0.1, -0.05) is 6.07 Å². The maximum absolute atomic E-state index is 12.4. The number of nitrogens with one attached hydrogen (secondary N) is 1. The molecule has 1 heterocycles. The number of benzene rings is 1. The molecule has 0 aliphatic rings. The fourth-order valence-corrected chi connectivity index (χ4v) is 2.36. The van der Waals surface area contributed by atoms with Crippen LogP contribution in [0.3, 0.4) is 0 Å². The fraction of sp³-hybridized carbons (Fsp3) is 0.222. The maximum atomic E-state index is 12.4. The summed E-state index contributed by atoms with van der Waals surface area (Å²) >= 11 is 0. The van der Waals surface area contributed by atoms with Crippen LogP contribution in [-0.2, 0) is 4.74 Å². The third kappa shape index (κ3) is 3.75. The molecular formula is C18H16N2O5. The van der Waals surface area contributed by atoms with Gasteiger partial charge in [-0.25, -0.2) is 4.79 Å². The molecule has 0 bridgehead atoms. The molecule has 0 unspecified atom stereocenters. The lowest BCUT2D eigenvalue weighted by Gasteiger charge is -2.06. The van der Waals surface area contributed by atoms with Crippen molar-refractivity contribution in [3.05, 3.63) is 52.3 Å². The Labute approximate surface area is 144 Å². The number of amides is 1. The number of nitriles is 1. The summed E-state index contributed by atoms with van der Waals surface area (Å²) in [4.78, 5) is 36.4. The van der Waals surface area contributed by atoms with E-state index in [1.807, 2.05) is 6.07 Å². The van der Waals surface area contributed by atoms with Crippen LogP contribution in [0.1, 0.15) is 56.2 Å². The van der Waals surface area contributed by atoms with E-state index in [9.17, 15) is 14.4 Å². The maximum Gasteiger partial charge on any atom is 0.344 e. The van der Waals surface area contributed by atoms with Crippen molar-refractivity contribution in [2.75, 3.05) is 11.9 Å². The van der Waals surface area contributed by atoms with Crippen LogP contribution in [0.4, 0.5) is 5.88 Å². The van der Waals surface area contributed by atoms with Gasteiger partial charge in [-0.2, -0.15) is 5.26 Å². The molecule has 0 fully saturated rings. The lowest BCUT2D eigenvalue weighted by Crippen LogP contribution is -2.16. The highest BCUT2D eigenvalue weighted by atomic mass is 16.5. The van der Waals surface area contributed by atoms with Crippen LogP contribution >= 0.6 is 0 Å². The molecule has 2 aromatic rings. The van der Waals surface area contributed by atoms with Gasteiger partial charge in [0.15, 0.2) is 5.78 Å². The van der Waals surface area contributed by atoms with Crippen molar-refractivity contribution in [3.63, 3.8) is 0 Å². The largest absolute Gasteiger partial charge is 0.462 e. The van der Waals surface area contributed by atoms with Crippen molar-refractivity contribution < 1.29 is 23.5 Å². The Balaban J connectivity index is 2.43. The molecule has 0 aliphatic heterocycles. The van der Waals surface area contributed by atoms with Gasteiger partial charge in [-0.05, 0) is 39.0 Å². The van der Waals surface area contributed by atoms with Gasteiger partial charge in [0.1, 0.15) is 11.3 Å². The third-order valence-corrected chi connectivity index (χ3v) is 3.40. The zero-order valence-corrected chi connectivity index (χ0v) is 14.0. The molecule has 2 rings (SSSR count). The van der Waals surface area contributed by atoms with E-state index in [0.29, 0.717) is 5.56 Å². The van der Waals surface area contributed by atoms with E-state index in [2.05, 4.69) is 5.32 Å². The van der Waals surface area contributed by atoms with Gasteiger partial charge >= 0.3 is 5.97 Å². The number of anilines is 1. The number of aryl methyl sites for hydroxylation is 1. The first-order valence-corrected chi connectivity index (χ1v) is 7.52. The Morgan fingerprint density at radius 3 is 2.60 bits per heavy atom. The molecule has 1 aromatic carbocycles. The number of rotatable bonds is 5.